The zero-order chi connectivity index (χ0) is 9.97. The Balaban J connectivity index is 2.19. The molecule has 0 bridgehead atoms. The summed E-state index contributed by atoms with van der Waals surface area (Å²) in [5, 5.41) is 6.43. The predicted octanol–water partition coefficient (Wildman–Crippen LogP) is 2.13. The molecule has 0 aromatic heterocycles. The minimum Gasteiger partial charge on any atom is -0.354 e. The van der Waals surface area contributed by atoms with E-state index in [1.165, 1.54) is 5.56 Å². The second-order valence-electron chi connectivity index (χ2n) is 3.24. The second-order valence-corrected chi connectivity index (χ2v) is 4.16. The lowest BCUT2D eigenvalue weighted by molar-refractivity contribution is 0.959. The van der Waals surface area contributed by atoms with E-state index in [0.717, 1.165) is 29.2 Å². The molecule has 2 N–H and O–H groups in total. The summed E-state index contributed by atoms with van der Waals surface area (Å²) in [6.45, 7) is 3.86. The Bertz CT molecular complexity index is 374. The Kier molecular flexibility index (Phi) is 2.72. The molecule has 0 aliphatic carbocycles. The Hall–Kier alpha value is -1.03. The Morgan fingerprint density at radius 3 is 3.07 bits per heavy atom. The van der Waals surface area contributed by atoms with Crippen LogP contribution in [0.5, 0.6) is 0 Å². The van der Waals surface area contributed by atoms with Crippen molar-refractivity contribution >= 4 is 27.6 Å². The first kappa shape index (κ1) is 9.52. The van der Waals surface area contributed by atoms with E-state index < -0.39 is 0 Å². The summed E-state index contributed by atoms with van der Waals surface area (Å²) in [5.41, 5.74) is 2.30. The average molecular weight is 254 g/mol. The average Bonchev–Trinajstić information content (AvgIpc) is 2.64. The fourth-order valence-electron chi connectivity index (χ4n) is 1.34. The number of aryl methyl sites for hydroxylation is 1. The summed E-state index contributed by atoms with van der Waals surface area (Å²) in [4.78, 5) is 4.28. The Morgan fingerprint density at radius 2 is 2.36 bits per heavy atom. The van der Waals surface area contributed by atoms with E-state index in [0.29, 0.717) is 0 Å². The van der Waals surface area contributed by atoms with Crippen LogP contribution in [0, 0.1) is 6.92 Å². The van der Waals surface area contributed by atoms with Crippen LogP contribution in [-0.2, 0) is 0 Å². The minimum absolute atomic E-state index is 0.857. The lowest BCUT2D eigenvalue weighted by Crippen LogP contribution is -2.26. The highest BCUT2D eigenvalue weighted by Crippen LogP contribution is 2.20. The van der Waals surface area contributed by atoms with Crippen molar-refractivity contribution in [2.24, 2.45) is 4.99 Å². The molecule has 0 saturated heterocycles. The van der Waals surface area contributed by atoms with Gasteiger partial charge in [0.1, 0.15) is 0 Å². The summed E-state index contributed by atoms with van der Waals surface area (Å²) < 4.78 is 1.07. The van der Waals surface area contributed by atoms with Gasteiger partial charge in [-0.1, -0.05) is 22.0 Å². The zero-order valence-corrected chi connectivity index (χ0v) is 9.56. The number of nitrogens with zero attached hydrogens (tertiary/aromatic N) is 1. The van der Waals surface area contributed by atoms with Gasteiger partial charge in [0.05, 0.1) is 6.54 Å². The molecule has 1 heterocycles. The van der Waals surface area contributed by atoms with Crippen LogP contribution in [0.15, 0.2) is 27.7 Å². The lowest BCUT2D eigenvalue weighted by atomic mass is 10.2. The number of hydrogen-bond acceptors (Lipinski definition) is 3. The SMILES string of the molecule is Cc1ccc(Br)cc1NC1=NCCN1. The largest absolute Gasteiger partial charge is 0.354 e. The highest BCUT2D eigenvalue weighted by atomic mass is 79.9. The third-order valence-electron chi connectivity index (χ3n) is 2.13. The molecule has 0 radical (unpaired) electrons. The third-order valence-corrected chi connectivity index (χ3v) is 2.62. The predicted molar refractivity (Wildman–Crippen MR) is 62.8 cm³/mol. The summed E-state index contributed by atoms with van der Waals surface area (Å²) in [6.07, 6.45) is 0. The summed E-state index contributed by atoms with van der Waals surface area (Å²) in [7, 11) is 0. The summed E-state index contributed by atoms with van der Waals surface area (Å²) in [6, 6.07) is 6.16. The third kappa shape index (κ3) is 2.07. The highest BCUT2D eigenvalue weighted by Gasteiger charge is 2.06. The Labute approximate surface area is 91.7 Å². The van der Waals surface area contributed by atoms with Crippen molar-refractivity contribution in [3.8, 4) is 0 Å². The number of hydrogen-bond donors (Lipinski definition) is 2. The van der Waals surface area contributed by atoms with Gasteiger partial charge < -0.3 is 10.6 Å². The molecule has 74 valence electrons. The van der Waals surface area contributed by atoms with Crippen molar-refractivity contribution in [1.29, 1.82) is 0 Å². The molecule has 0 saturated carbocycles. The van der Waals surface area contributed by atoms with E-state index in [1.54, 1.807) is 0 Å². The minimum atomic E-state index is 0.857. The van der Waals surface area contributed by atoms with Gasteiger partial charge in [-0.2, -0.15) is 0 Å². The van der Waals surface area contributed by atoms with E-state index in [2.05, 4.69) is 50.6 Å². The molecular weight excluding hydrogens is 242 g/mol. The molecule has 0 amide bonds. The molecule has 0 atom stereocenters. The Morgan fingerprint density at radius 1 is 1.50 bits per heavy atom. The van der Waals surface area contributed by atoms with Crippen molar-refractivity contribution < 1.29 is 0 Å². The van der Waals surface area contributed by atoms with Gasteiger partial charge in [-0.15, -0.1) is 0 Å². The fraction of sp³-hybridized carbons (Fsp3) is 0.300. The van der Waals surface area contributed by atoms with Gasteiger partial charge >= 0.3 is 0 Å². The van der Waals surface area contributed by atoms with Crippen molar-refractivity contribution in [2.45, 2.75) is 6.92 Å². The van der Waals surface area contributed by atoms with Crippen molar-refractivity contribution in [1.82, 2.24) is 5.32 Å². The molecule has 0 unspecified atom stereocenters. The first-order valence-electron chi connectivity index (χ1n) is 4.57. The van der Waals surface area contributed by atoms with Crippen molar-refractivity contribution in [3.63, 3.8) is 0 Å². The van der Waals surface area contributed by atoms with Crippen molar-refractivity contribution in [2.75, 3.05) is 18.4 Å². The van der Waals surface area contributed by atoms with E-state index in [1.807, 2.05) is 6.07 Å². The normalized spacial score (nSPS) is 14.9. The molecule has 0 fully saturated rings. The molecule has 1 aromatic carbocycles. The number of rotatable bonds is 1. The maximum atomic E-state index is 4.28. The number of benzene rings is 1. The molecule has 3 nitrogen and oxygen atoms in total. The number of aliphatic imine (C=N–C) groups is 1. The number of anilines is 1. The van der Waals surface area contributed by atoms with Crippen molar-refractivity contribution in [3.05, 3.63) is 28.2 Å². The van der Waals surface area contributed by atoms with Crippen LogP contribution in [0.25, 0.3) is 0 Å². The number of guanidine groups is 1. The molecule has 1 aromatic rings. The van der Waals surface area contributed by atoms with Gasteiger partial charge in [0, 0.05) is 16.7 Å². The fourth-order valence-corrected chi connectivity index (χ4v) is 1.70. The smallest absolute Gasteiger partial charge is 0.195 e. The van der Waals surface area contributed by atoms with Gasteiger partial charge in [-0.05, 0) is 24.6 Å². The van der Waals surface area contributed by atoms with Gasteiger partial charge in [-0.3, -0.25) is 4.99 Å². The molecule has 4 heteroatoms. The van der Waals surface area contributed by atoms with Crippen LogP contribution in [0.1, 0.15) is 5.56 Å². The lowest BCUT2D eigenvalue weighted by Gasteiger charge is -2.09. The maximum Gasteiger partial charge on any atom is 0.195 e. The van der Waals surface area contributed by atoms with E-state index in [-0.39, 0.29) is 0 Å². The maximum absolute atomic E-state index is 4.28. The van der Waals surface area contributed by atoms with Gasteiger partial charge in [0.2, 0.25) is 0 Å². The monoisotopic (exact) mass is 253 g/mol. The second kappa shape index (κ2) is 4.00. The molecule has 1 aliphatic rings. The van der Waals surface area contributed by atoms with Crippen LogP contribution in [0.4, 0.5) is 5.69 Å². The van der Waals surface area contributed by atoms with E-state index in [9.17, 15) is 0 Å². The van der Waals surface area contributed by atoms with Gasteiger partial charge in [0.25, 0.3) is 0 Å². The highest BCUT2D eigenvalue weighted by molar-refractivity contribution is 9.10. The van der Waals surface area contributed by atoms with Crippen LogP contribution >= 0.6 is 15.9 Å². The topological polar surface area (TPSA) is 36.4 Å². The first-order valence-corrected chi connectivity index (χ1v) is 5.36. The van der Waals surface area contributed by atoms with Crippen LogP contribution in [0.2, 0.25) is 0 Å². The molecule has 14 heavy (non-hydrogen) atoms. The standard InChI is InChI=1S/C10H12BrN3/c1-7-2-3-8(11)6-9(7)14-10-12-4-5-13-10/h2-3,6H,4-5H2,1H3,(H2,12,13,14). The quantitative estimate of drug-likeness (QED) is 0.805. The van der Waals surface area contributed by atoms with Gasteiger partial charge in [-0.25, -0.2) is 0 Å². The number of halogens is 1. The first-order chi connectivity index (χ1) is 6.75. The molecule has 0 spiro atoms. The van der Waals surface area contributed by atoms with Crippen LogP contribution in [0.3, 0.4) is 0 Å². The van der Waals surface area contributed by atoms with Crippen LogP contribution < -0.4 is 10.6 Å². The zero-order valence-electron chi connectivity index (χ0n) is 7.97. The van der Waals surface area contributed by atoms with E-state index >= 15 is 0 Å². The number of nitrogens with one attached hydrogen (secondary N) is 2. The molecule has 1 aliphatic heterocycles. The van der Waals surface area contributed by atoms with Crippen LogP contribution in [-0.4, -0.2) is 19.0 Å². The summed E-state index contributed by atoms with van der Waals surface area (Å²) in [5.74, 6) is 0.867. The van der Waals surface area contributed by atoms with E-state index in [4.69, 9.17) is 0 Å². The molecule has 2 rings (SSSR count). The summed E-state index contributed by atoms with van der Waals surface area (Å²) >= 11 is 3.45. The molecular formula is C10H12BrN3. The van der Waals surface area contributed by atoms with Gasteiger partial charge in [0.15, 0.2) is 5.96 Å².